The fourth-order valence-corrected chi connectivity index (χ4v) is 3.08. The van der Waals surface area contributed by atoms with E-state index in [2.05, 4.69) is 22.2 Å². The van der Waals surface area contributed by atoms with Gasteiger partial charge in [-0.3, -0.25) is 15.2 Å². The zero-order chi connectivity index (χ0) is 22.6. The Morgan fingerprint density at radius 3 is 2.52 bits per heavy atom. The number of pyridine rings is 1. The molecule has 1 aromatic heterocycles. The highest BCUT2D eigenvalue weighted by atomic mass is 35.5. The van der Waals surface area contributed by atoms with Gasteiger partial charge in [0.15, 0.2) is 0 Å². The van der Waals surface area contributed by atoms with Crippen molar-refractivity contribution in [2.45, 2.75) is 20.5 Å². The second-order valence-corrected chi connectivity index (χ2v) is 6.81. The van der Waals surface area contributed by atoms with Crippen molar-refractivity contribution in [3.05, 3.63) is 70.9 Å². The molecule has 3 rings (SSSR count). The number of aryl methyl sites for hydroxylation is 1. The standard InChI is InChI=1S/C22H23ClN2O2.CH4N2O/c1-4-26-22-7-5-6-19(24-3)18(22)14-27-21-9-8-16(12-15(21)2)20-13-17(23)10-11-25-20;2-3-1-4/h5-13,24H,4,14H2,1-3H3;1H,2H2,(H,3,4). The summed E-state index contributed by atoms with van der Waals surface area (Å²) < 4.78 is 11.8. The lowest BCUT2D eigenvalue weighted by Crippen LogP contribution is -2.18. The molecule has 0 aliphatic heterocycles. The van der Waals surface area contributed by atoms with Gasteiger partial charge in [0.1, 0.15) is 18.1 Å². The van der Waals surface area contributed by atoms with E-state index in [4.69, 9.17) is 25.9 Å². The van der Waals surface area contributed by atoms with Crippen LogP contribution in [0.1, 0.15) is 18.1 Å². The molecule has 31 heavy (non-hydrogen) atoms. The monoisotopic (exact) mass is 442 g/mol. The molecule has 0 atom stereocenters. The SMILES string of the molecule is CCOc1cccc(NC)c1COc1ccc(-c2cc(Cl)ccn2)cc1C.NNC=O. The molecule has 3 aromatic rings. The van der Waals surface area contributed by atoms with Crippen molar-refractivity contribution >= 4 is 23.7 Å². The number of rotatable bonds is 8. The molecule has 0 saturated carbocycles. The van der Waals surface area contributed by atoms with Crippen molar-refractivity contribution < 1.29 is 14.3 Å². The first-order valence-corrected chi connectivity index (χ1v) is 10.1. The Morgan fingerprint density at radius 2 is 1.90 bits per heavy atom. The van der Waals surface area contributed by atoms with Crippen molar-refractivity contribution in [3.63, 3.8) is 0 Å². The van der Waals surface area contributed by atoms with Crippen LogP contribution in [-0.4, -0.2) is 25.0 Å². The number of hydrogen-bond donors (Lipinski definition) is 3. The maximum Gasteiger partial charge on any atom is 0.221 e. The predicted molar refractivity (Wildman–Crippen MR) is 124 cm³/mol. The highest BCUT2D eigenvalue weighted by Gasteiger charge is 2.11. The van der Waals surface area contributed by atoms with Gasteiger partial charge < -0.3 is 14.8 Å². The van der Waals surface area contributed by atoms with Crippen LogP contribution in [0.3, 0.4) is 0 Å². The van der Waals surface area contributed by atoms with Gasteiger partial charge >= 0.3 is 0 Å². The van der Waals surface area contributed by atoms with Crippen molar-refractivity contribution in [1.82, 2.24) is 10.4 Å². The zero-order valence-electron chi connectivity index (χ0n) is 17.8. The number of anilines is 1. The molecule has 0 bridgehead atoms. The Hall–Kier alpha value is -3.29. The quantitative estimate of drug-likeness (QED) is 0.208. The lowest BCUT2D eigenvalue weighted by molar-refractivity contribution is -0.109. The molecule has 4 N–H and O–H groups in total. The molecule has 2 aromatic carbocycles. The van der Waals surface area contributed by atoms with Crippen LogP contribution in [0.4, 0.5) is 5.69 Å². The van der Waals surface area contributed by atoms with Gasteiger partial charge in [-0.15, -0.1) is 0 Å². The maximum atomic E-state index is 8.94. The van der Waals surface area contributed by atoms with Crippen molar-refractivity contribution in [1.29, 1.82) is 0 Å². The van der Waals surface area contributed by atoms with Crippen LogP contribution in [0.5, 0.6) is 11.5 Å². The molecular weight excluding hydrogens is 416 g/mol. The largest absolute Gasteiger partial charge is 0.493 e. The average molecular weight is 443 g/mol. The summed E-state index contributed by atoms with van der Waals surface area (Å²) in [5.41, 5.74) is 6.64. The van der Waals surface area contributed by atoms with E-state index < -0.39 is 0 Å². The molecule has 0 saturated heterocycles. The van der Waals surface area contributed by atoms with Crippen molar-refractivity contribution in [3.8, 4) is 22.8 Å². The number of aromatic nitrogens is 1. The minimum absolute atomic E-state index is 0.403. The molecule has 0 spiro atoms. The predicted octanol–water partition coefficient (Wildman–Crippen LogP) is 4.34. The summed E-state index contributed by atoms with van der Waals surface area (Å²) in [7, 11) is 1.90. The lowest BCUT2D eigenvalue weighted by Gasteiger charge is -2.16. The molecule has 1 amide bonds. The normalized spacial score (nSPS) is 9.84. The molecule has 0 aliphatic carbocycles. The van der Waals surface area contributed by atoms with Gasteiger partial charge in [0.05, 0.1) is 17.9 Å². The van der Waals surface area contributed by atoms with Crippen molar-refractivity contribution in [2.75, 3.05) is 19.0 Å². The van der Waals surface area contributed by atoms with Gasteiger partial charge in [0, 0.05) is 29.5 Å². The number of nitrogens with one attached hydrogen (secondary N) is 2. The first-order chi connectivity index (χ1) is 15.0. The summed E-state index contributed by atoms with van der Waals surface area (Å²) in [5.74, 6) is 6.07. The third kappa shape index (κ3) is 6.87. The van der Waals surface area contributed by atoms with Gasteiger partial charge in [0.25, 0.3) is 0 Å². The van der Waals surface area contributed by atoms with Crippen LogP contribution in [0, 0.1) is 6.92 Å². The van der Waals surface area contributed by atoms with Gasteiger partial charge in [-0.05, 0) is 61.9 Å². The summed E-state index contributed by atoms with van der Waals surface area (Å²) in [5, 5.41) is 3.87. The molecule has 1 heterocycles. The van der Waals surface area contributed by atoms with Crippen molar-refractivity contribution in [2.24, 2.45) is 5.84 Å². The smallest absolute Gasteiger partial charge is 0.221 e. The minimum atomic E-state index is 0.403. The minimum Gasteiger partial charge on any atom is -0.493 e. The number of carbonyl (C=O) groups is 1. The molecule has 164 valence electrons. The van der Waals surface area contributed by atoms with Crippen LogP contribution in [0.2, 0.25) is 5.02 Å². The van der Waals surface area contributed by atoms with E-state index in [0.29, 0.717) is 24.6 Å². The Balaban J connectivity index is 0.000000785. The van der Waals surface area contributed by atoms with E-state index in [1.807, 2.05) is 57.3 Å². The molecular formula is C23H27ClN4O3. The van der Waals surface area contributed by atoms with E-state index in [1.165, 1.54) is 0 Å². The van der Waals surface area contributed by atoms with E-state index in [1.54, 1.807) is 17.7 Å². The average Bonchev–Trinajstić information content (AvgIpc) is 2.79. The molecule has 0 unspecified atom stereocenters. The van der Waals surface area contributed by atoms with Gasteiger partial charge in [-0.1, -0.05) is 17.7 Å². The number of benzene rings is 2. The van der Waals surface area contributed by atoms with Crippen LogP contribution in [-0.2, 0) is 11.4 Å². The second-order valence-electron chi connectivity index (χ2n) is 6.38. The zero-order valence-corrected chi connectivity index (χ0v) is 18.6. The Kier molecular flexibility index (Phi) is 9.61. The maximum absolute atomic E-state index is 8.94. The number of carbonyl (C=O) groups excluding carboxylic acids is 1. The number of hydrogen-bond acceptors (Lipinski definition) is 6. The summed E-state index contributed by atoms with van der Waals surface area (Å²) in [6.07, 6.45) is 2.11. The lowest BCUT2D eigenvalue weighted by atomic mass is 10.1. The third-order valence-electron chi connectivity index (χ3n) is 4.33. The molecule has 8 heteroatoms. The molecule has 0 radical (unpaired) electrons. The summed E-state index contributed by atoms with van der Waals surface area (Å²) in [6.45, 7) is 5.03. The van der Waals surface area contributed by atoms with Gasteiger partial charge in [-0.2, -0.15) is 0 Å². The number of amides is 1. The Labute approximate surface area is 187 Å². The first kappa shape index (κ1) is 24.0. The number of ether oxygens (including phenoxy) is 2. The van der Waals surface area contributed by atoms with E-state index >= 15 is 0 Å². The number of halogens is 1. The molecule has 0 aliphatic rings. The Morgan fingerprint density at radius 1 is 1.13 bits per heavy atom. The third-order valence-corrected chi connectivity index (χ3v) is 4.57. The fraction of sp³-hybridized carbons (Fsp3) is 0.217. The first-order valence-electron chi connectivity index (χ1n) is 9.71. The number of hydrazine groups is 1. The van der Waals surface area contributed by atoms with E-state index in [0.717, 1.165) is 39.6 Å². The van der Waals surface area contributed by atoms with Gasteiger partial charge in [-0.25, -0.2) is 5.84 Å². The summed E-state index contributed by atoms with van der Waals surface area (Å²) in [6, 6.07) is 15.6. The van der Waals surface area contributed by atoms with Crippen LogP contribution < -0.4 is 26.1 Å². The van der Waals surface area contributed by atoms with Crippen LogP contribution in [0.25, 0.3) is 11.3 Å². The van der Waals surface area contributed by atoms with Gasteiger partial charge in [0.2, 0.25) is 6.41 Å². The number of nitrogens with two attached hydrogens (primary N) is 1. The highest BCUT2D eigenvalue weighted by molar-refractivity contribution is 6.30. The van der Waals surface area contributed by atoms with E-state index in [9.17, 15) is 0 Å². The van der Waals surface area contributed by atoms with Crippen LogP contribution in [0.15, 0.2) is 54.7 Å². The number of nitrogens with zero attached hydrogens (tertiary/aromatic N) is 1. The van der Waals surface area contributed by atoms with E-state index in [-0.39, 0.29) is 0 Å². The summed E-state index contributed by atoms with van der Waals surface area (Å²) >= 11 is 6.07. The molecule has 7 nitrogen and oxygen atoms in total. The highest BCUT2D eigenvalue weighted by Crippen LogP contribution is 2.30. The molecule has 0 fully saturated rings. The Bertz CT molecular complexity index is 998. The topological polar surface area (TPSA) is 98.5 Å². The second kappa shape index (κ2) is 12.4. The fourth-order valence-electron chi connectivity index (χ4n) is 2.92. The van der Waals surface area contributed by atoms with Crippen LogP contribution >= 0.6 is 11.6 Å². The summed E-state index contributed by atoms with van der Waals surface area (Å²) in [4.78, 5) is 13.3.